The molecule has 2 nitrogen and oxygen atoms in total. The highest BCUT2D eigenvalue weighted by atomic mass is 32.1. The third-order valence-corrected chi connectivity index (χ3v) is 15.7. The lowest BCUT2D eigenvalue weighted by Gasteiger charge is -2.34. The van der Waals surface area contributed by atoms with Crippen LogP contribution in [0.4, 0.5) is 17.1 Å². The van der Waals surface area contributed by atoms with E-state index in [-0.39, 0.29) is 0 Å². The summed E-state index contributed by atoms with van der Waals surface area (Å²) in [6, 6.07) is 95.7. The molecule has 0 amide bonds. The second kappa shape index (κ2) is 16.2. The lowest BCUT2D eigenvalue weighted by molar-refractivity contribution is 0.669. The third-order valence-electron chi connectivity index (χ3n) is 14.6. The second-order valence-corrected chi connectivity index (χ2v) is 19.4. The van der Waals surface area contributed by atoms with E-state index in [9.17, 15) is 0 Å². The van der Waals surface area contributed by atoms with Gasteiger partial charge in [0, 0.05) is 47.9 Å². The quantitative estimate of drug-likeness (QED) is 0.151. The van der Waals surface area contributed by atoms with Gasteiger partial charge in [0.25, 0.3) is 0 Å². The van der Waals surface area contributed by atoms with E-state index in [4.69, 9.17) is 4.42 Å². The minimum absolute atomic E-state index is 0.523. The molecule has 0 fully saturated rings. The molecule has 0 spiro atoms. The van der Waals surface area contributed by atoms with Gasteiger partial charge in [0.15, 0.2) is 0 Å². The van der Waals surface area contributed by atoms with E-state index < -0.39 is 5.41 Å². The lowest BCUT2D eigenvalue weighted by Crippen LogP contribution is -2.28. The Morgan fingerprint density at radius 2 is 0.871 bits per heavy atom. The maximum Gasteiger partial charge on any atom is 0.135 e. The summed E-state index contributed by atoms with van der Waals surface area (Å²) < 4.78 is 8.75. The maximum atomic E-state index is 6.13. The van der Waals surface area contributed by atoms with Crippen molar-refractivity contribution in [3.05, 3.63) is 283 Å². The smallest absolute Gasteiger partial charge is 0.135 e. The van der Waals surface area contributed by atoms with Crippen LogP contribution in [0.25, 0.3) is 86.6 Å². The van der Waals surface area contributed by atoms with Gasteiger partial charge in [0.2, 0.25) is 0 Å². The molecule has 11 aromatic carbocycles. The average Bonchev–Trinajstić information content (AvgIpc) is 4.10. The van der Waals surface area contributed by atoms with E-state index in [1.54, 1.807) is 0 Å². The Labute approximate surface area is 410 Å². The van der Waals surface area contributed by atoms with Crippen molar-refractivity contribution in [2.75, 3.05) is 4.90 Å². The Kier molecular flexibility index (Phi) is 9.33. The highest BCUT2D eigenvalue weighted by Gasteiger charge is 2.47. The molecule has 0 aliphatic heterocycles. The number of fused-ring (bicyclic) bond motifs is 9. The minimum atomic E-state index is -0.523. The van der Waals surface area contributed by atoms with Crippen LogP contribution in [0.2, 0.25) is 0 Å². The van der Waals surface area contributed by atoms with Gasteiger partial charge in [-0.1, -0.05) is 194 Å². The maximum absolute atomic E-state index is 6.13. The minimum Gasteiger partial charge on any atom is -0.456 e. The van der Waals surface area contributed by atoms with Crippen molar-refractivity contribution in [2.45, 2.75) is 5.41 Å². The van der Waals surface area contributed by atoms with Gasteiger partial charge < -0.3 is 9.32 Å². The summed E-state index contributed by atoms with van der Waals surface area (Å²) in [6.45, 7) is 0. The normalized spacial score (nSPS) is 12.7. The summed E-state index contributed by atoms with van der Waals surface area (Å²) in [5.41, 5.74) is 19.2. The first kappa shape index (κ1) is 40.3. The Hall–Kier alpha value is -8.76. The van der Waals surface area contributed by atoms with E-state index >= 15 is 0 Å². The van der Waals surface area contributed by atoms with Crippen LogP contribution in [-0.2, 0) is 5.41 Å². The Morgan fingerprint density at radius 3 is 1.66 bits per heavy atom. The van der Waals surface area contributed by atoms with Crippen molar-refractivity contribution < 1.29 is 4.42 Å². The van der Waals surface area contributed by atoms with Crippen molar-refractivity contribution in [1.82, 2.24) is 0 Å². The number of thiophene rings is 1. The summed E-state index contributed by atoms with van der Waals surface area (Å²) in [6.07, 6.45) is 0. The average molecular weight is 910 g/mol. The van der Waals surface area contributed by atoms with Crippen LogP contribution in [0, 0.1) is 0 Å². The van der Waals surface area contributed by atoms with Gasteiger partial charge in [-0.15, -0.1) is 11.3 Å². The fourth-order valence-electron chi connectivity index (χ4n) is 11.4. The van der Waals surface area contributed by atoms with Crippen LogP contribution in [0.3, 0.4) is 0 Å². The topological polar surface area (TPSA) is 16.4 Å². The van der Waals surface area contributed by atoms with Crippen LogP contribution in [0.1, 0.15) is 22.3 Å². The number of benzene rings is 11. The molecular weight excluding hydrogens is 867 g/mol. The van der Waals surface area contributed by atoms with Crippen LogP contribution in [0.5, 0.6) is 0 Å². The number of furan rings is 1. The van der Waals surface area contributed by atoms with Gasteiger partial charge in [0.1, 0.15) is 11.2 Å². The largest absolute Gasteiger partial charge is 0.456 e. The third kappa shape index (κ3) is 6.32. The Morgan fingerprint density at radius 1 is 0.329 bits per heavy atom. The molecule has 1 aliphatic rings. The predicted octanol–water partition coefficient (Wildman–Crippen LogP) is 18.8. The van der Waals surface area contributed by atoms with Gasteiger partial charge in [-0.25, -0.2) is 0 Å². The molecule has 1 aliphatic carbocycles. The zero-order valence-corrected chi connectivity index (χ0v) is 38.9. The zero-order valence-electron chi connectivity index (χ0n) is 38.1. The van der Waals surface area contributed by atoms with Crippen LogP contribution < -0.4 is 4.90 Å². The van der Waals surface area contributed by atoms with E-state index in [1.807, 2.05) is 23.5 Å². The predicted molar refractivity (Wildman–Crippen MR) is 295 cm³/mol. The Balaban J connectivity index is 0.916. The van der Waals surface area contributed by atoms with Crippen molar-refractivity contribution in [3.63, 3.8) is 0 Å². The molecule has 2 aromatic heterocycles. The molecule has 3 heteroatoms. The number of anilines is 3. The van der Waals surface area contributed by atoms with Gasteiger partial charge in [-0.2, -0.15) is 0 Å². The summed E-state index contributed by atoms with van der Waals surface area (Å²) in [5.74, 6) is 0. The summed E-state index contributed by atoms with van der Waals surface area (Å²) in [5, 5.41) is 4.88. The summed E-state index contributed by atoms with van der Waals surface area (Å²) in [4.78, 5) is 2.48. The van der Waals surface area contributed by atoms with E-state index in [2.05, 4.69) is 254 Å². The monoisotopic (exact) mass is 909 g/mol. The molecule has 0 unspecified atom stereocenters. The first-order valence-corrected chi connectivity index (χ1v) is 24.8. The molecule has 0 radical (unpaired) electrons. The van der Waals surface area contributed by atoms with E-state index in [1.165, 1.54) is 81.4 Å². The van der Waals surface area contributed by atoms with Crippen molar-refractivity contribution in [3.8, 4) is 44.5 Å². The van der Waals surface area contributed by atoms with Gasteiger partial charge in [0.05, 0.1) is 11.1 Å². The molecule has 328 valence electrons. The zero-order chi connectivity index (χ0) is 46.2. The molecule has 0 saturated heterocycles. The van der Waals surface area contributed by atoms with Gasteiger partial charge >= 0.3 is 0 Å². The number of rotatable bonds is 8. The molecule has 13 aromatic rings. The van der Waals surface area contributed by atoms with Crippen LogP contribution in [0.15, 0.2) is 265 Å². The van der Waals surface area contributed by atoms with Crippen molar-refractivity contribution in [2.24, 2.45) is 0 Å². The Bertz CT molecular complexity index is 4070. The molecule has 0 saturated carbocycles. The molecule has 0 bridgehead atoms. The lowest BCUT2D eigenvalue weighted by atomic mass is 9.68. The molecule has 2 heterocycles. The fourth-order valence-corrected chi connectivity index (χ4v) is 12.5. The van der Waals surface area contributed by atoms with E-state index in [0.29, 0.717) is 0 Å². The van der Waals surface area contributed by atoms with E-state index in [0.717, 1.165) is 44.6 Å². The summed E-state index contributed by atoms with van der Waals surface area (Å²) >= 11 is 1.86. The molecule has 14 rings (SSSR count). The SMILES string of the molecule is c1ccc(C2(c3ccccc3)c3ccccc3-c3c(N(c4ccc(-c5ccc(-c6ccc7oc8ccccc8c7c6)cc5)cc4)c4cccc(-c5ccc6sc7ccccc7c6c5)c4)cccc32)cc1. The molecule has 70 heavy (non-hydrogen) atoms. The molecule has 0 N–H and O–H groups in total. The molecule has 0 atom stereocenters. The summed E-state index contributed by atoms with van der Waals surface area (Å²) in [7, 11) is 0. The number of nitrogens with zero attached hydrogens (tertiary/aromatic N) is 1. The first-order valence-electron chi connectivity index (χ1n) is 24.0. The van der Waals surface area contributed by atoms with Gasteiger partial charge in [-0.3, -0.25) is 0 Å². The first-order chi connectivity index (χ1) is 34.7. The number of hydrogen-bond donors (Lipinski definition) is 0. The van der Waals surface area contributed by atoms with Crippen molar-refractivity contribution in [1.29, 1.82) is 0 Å². The number of para-hydroxylation sites is 1. The number of hydrogen-bond acceptors (Lipinski definition) is 3. The fraction of sp³-hybridized carbons (Fsp3) is 0.0149. The second-order valence-electron chi connectivity index (χ2n) is 18.4. The van der Waals surface area contributed by atoms with Crippen LogP contribution in [-0.4, -0.2) is 0 Å². The van der Waals surface area contributed by atoms with Crippen molar-refractivity contribution >= 4 is 70.5 Å². The highest BCUT2D eigenvalue weighted by molar-refractivity contribution is 7.25. The van der Waals surface area contributed by atoms with Crippen LogP contribution >= 0.6 is 11.3 Å². The standard InChI is InChI=1S/C67H43NOS/c1-3-16-50(17-4-1)67(51-18-5-2-6-19-51)59-24-10-7-23-56(59)66-60(67)25-14-26-61(66)68(53-20-13-15-47(41-53)49-36-40-65-58(43-49)55-22-9-12-28-64(55)70-65)52-37-33-45(34-38-52)44-29-31-46(32-30-44)48-35-39-63-57(42-48)54-21-8-11-27-62(54)69-63/h1-43H. The van der Waals surface area contributed by atoms with Gasteiger partial charge in [-0.05, 0) is 128 Å². The highest BCUT2D eigenvalue weighted by Crippen LogP contribution is 2.59. The molecular formula is C67H43NOS.